The zero-order valence-electron chi connectivity index (χ0n) is 12.1. The third kappa shape index (κ3) is 3.66. The molecule has 0 saturated carbocycles. The molecule has 0 radical (unpaired) electrons. The summed E-state index contributed by atoms with van der Waals surface area (Å²) >= 11 is 0. The molecule has 0 atom stereocenters. The van der Waals surface area contributed by atoms with E-state index in [0.717, 1.165) is 17.0 Å². The summed E-state index contributed by atoms with van der Waals surface area (Å²) in [7, 11) is 3.23. The van der Waals surface area contributed by atoms with Crippen LogP contribution in [0.25, 0.3) is 0 Å². The SMILES string of the molecule is CNC(=O)c1ccc(NCc2ccc(OC)cc2)c(N)c1. The minimum atomic E-state index is -0.150. The summed E-state index contributed by atoms with van der Waals surface area (Å²) in [6.45, 7) is 0.646. The normalized spacial score (nSPS) is 10.0. The molecule has 0 spiro atoms. The minimum Gasteiger partial charge on any atom is -0.497 e. The smallest absolute Gasteiger partial charge is 0.251 e. The largest absolute Gasteiger partial charge is 0.497 e. The van der Waals surface area contributed by atoms with Crippen LogP contribution in [-0.4, -0.2) is 20.1 Å². The zero-order chi connectivity index (χ0) is 15.2. The van der Waals surface area contributed by atoms with E-state index >= 15 is 0 Å². The van der Waals surface area contributed by atoms with E-state index in [1.807, 2.05) is 30.3 Å². The van der Waals surface area contributed by atoms with Gasteiger partial charge in [-0.3, -0.25) is 4.79 Å². The van der Waals surface area contributed by atoms with Crippen LogP contribution in [0.5, 0.6) is 5.75 Å². The lowest BCUT2D eigenvalue weighted by Gasteiger charge is -2.11. The summed E-state index contributed by atoms with van der Waals surface area (Å²) in [5.41, 5.74) is 8.97. The molecule has 1 amide bonds. The van der Waals surface area contributed by atoms with Crippen molar-refractivity contribution in [3.63, 3.8) is 0 Å². The van der Waals surface area contributed by atoms with E-state index in [-0.39, 0.29) is 5.91 Å². The van der Waals surface area contributed by atoms with Gasteiger partial charge in [0.05, 0.1) is 18.5 Å². The number of nitrogens with two attached hydrogens (primary N) is 1. The van der Waals surface area contributed by atoms with Crippen LogP contribution < -0.4 is 21.1 Å². The molecule has 0 aliphatic heterocycles. The van der Waals surface area contributed by atoms with Crippen LogP contribution in [0.15, 0.2) is 42.5 Å². The van der Waals surface area contributed by atoms with Gasteiger partial charge in [0.2, 0.25) is 0 Å². The Morgan fingerprint density at radius 1 is 1.19 bits per heavy atom. The number of anilines is 2. The number of nitrogen functional groups attached to an aromatic ring is 1. The van der Waals surface area contributed by atoms with E-state index in [2.05, 4.69) is 10.6 Å². The highest BCUT2D eigenvalue weighted by Crippen LogP contribution is 2.21. The molecule has 2 aromatic rings. The maximum absolute atomic E-state index is 11.5. The third-order valence-electron chi connectivity index (χ3n) is 3.18. The first-order valence-corrected chi connectivity index (χ1v) is 6.62. The lowest BCUT2D eigenvalue weighted by atomic mass is 10.1. The number of rotatable bonds is 5. The van der Waals surface area contributed by atoms with Crippen LogP contribution in [0, 0.1) is 0 Å². The molecule has 2 rings (SSSR count). The second kappa shape index (κ2) is 6.65. The Bertz CT molecular complexity index is 624. The predicted molar refractivity (Wildman–Crippen MR) is 84.6 cm³/mol. The predicted octanol–water partition coefficient (Wildman–Crippen LogP) is 2.25. The second-order valence-corrected chi connectivity index (χ2v) is 4.58. The van der Waals surface area contributed by atoms with E-state index in [1.165, 1.54) is 0 Å². The van der Waals surface area contributed by atoms with Crippen LogP contribution in [0.4, 0.5) is 11.4 Å². The van der Waals surface area contributed by atoms with Crippen molar-refractivity contribution in [2.45, 2.75) is 6.54 Å². The number of carbonyl (C=O) groups is 1. The number of benzene rings is 2. The topological polar surface area (TPSA) is 76.4 Å². The van der Waals surface area contributed by atoms with Crippen LogP contribution in [0.3, 0.4) is 0 Å². The average molecular weight is 285 g/mol. The molecule has 5 heteroatoms. The van der Waals surface area contributed by atoms with Gasteiger partial charge in [-0.2, -0.15) is 0 Å². The molecule has 4 N–H and O–H groups in total. The molecule has 5 nitrogen and oxygen atoms in total. The number of carbonyl (C=O) groups excluding carboxylic acids is 1. The Labute approximate surface area is 124 Å². The molecular formula is C16H19N3O2. The van der Waals surface area contributed by atoms with Crippen molar-refractivity contribution in [3.8, 4) is 5.75 Å². The quantitative estimate of drug-likeness (QED) is 0.736. The molecule has 2 aromatic carbocycles. The van der Waals surface area contributed by atoms with Crippen LogP contribution in [0.2, 0.25) is 0 Å². The Balaban J connectivity index is 2.04. The first-order chi connectivity index (χ1) is 10.1. The van der Waals surface area contributed by atoms with Crippen LogP contribution in [0.1, 0.15) is 15.9 Å². The monoisotopic (exact) mass is 285 g/mol. The molecule has 0 bridgehead atoms. The van der Waals surface area contributed by atoms with Crippen molar-refractivity contribution >= 4 is 17.3 Å². The maximum atomic E-state index is 11.5. The van der Waals surface area contributed by atoms with E-state index < -0.39 is 0 Å². The number of amides is 1. The van der Waals surface area contributed by atoms with Gasteiger partial charge in [-0.05, 0) is 35.9 Å². The number of nitrogens with one attached hydrogen (secondary N) is 2. The summed E-state index contributed by atoms with van der Waals surface area (Å²) in [5, 5.41) is 5.82. The molecule has 0 heterocycles. The van der Waals surface area contributed by atoms with E-state index in [9.17, 15) is 4.79 Å². The fourth-order valence-corrected chi connectivity index (χ4v) is 1.95. The van der Waals surface area contributed by atoms with Crippen LogP contribution in [-0.2, 0) is 6.54 Å². The Morgan fingerprint density at radius 2 is 1.90 bits per heavy atom. The van der Waals surface area contributed by atoms with Gasteiger partial charge in [-0.15, -0.1) is 0 Å². The Morgan fingerprint density at radius 3 is 2.48 bits per heavy atom. The summed E-state index contributed by atoms with van der Waals surface area (Å²) < 4.78 is 5.12. The molecule has 0 saturated heterocycles. The van der Waals surface area contributed by atoms with Crippen LogP contribution >= 0.6 is 0 Å². The summed E-state index contributed by atoms with van der Waals surface area (Å²) in [6.07, 6.45) is 0. The molecule has 0 fully saturated rings. The summed E-state index contributed by atoms with van der Waals surface area (Å²) in [6, 6.07) is 13.0. The van der Waals surface area contributed by atoms with Gasteiger partial charge in [0, 0.05) is 19.2 Å². The molecule has 21 heavy (non-hydrogen) atoms. The Hall–Kier alpha value is -2.69. The highest BCUT2D eigenvalue weighted by molar-refractivity contribution is 5.95. The Kier molecular flexibility index (Phi) is 4.66. The lowest BCUT2D eigenvalue weighted by Crippen LogP contribution is -2.18. The molecule has 110 valence electrons. The number of methoxy groups -OCH3 is 1. The van der Waals surface area contributed by atoms with Crippen molar-refractivity contribution in [1.82, 2.24) is 5.32 Å². The first-order valence-electron chi connectivity index (χ1n) is 6.62. The highest BCUT2D eigenvalue weighted by Gasteiger charge is 2.06. The van der Waals surface area contributed by atoms with Gasteiger partial charge in [0.1, 0.15) is 5.75 Å². The fourth-order valence-electron chi connectivity index (χ4n) is 1.95. The van der Waals surface area contributed by atoms with Gasteiger partial charge in [0.15, 0.2) is 0 Å². The van der Waals surface area contributed by atoms with Crippen molar-refractivity contribution in [1.29, 1.82) is 0 Å². The number of hydrogen-bond acceptors (Lipinski definition) is 4. The highest BCUT2D eigenvalue weighted by atomic mass is 16.5. The van der Waals surface area contributed by atoms with Gasteiger partial charge >= 0.3 is 0 Å². The zero-order valence-corrected chi connectivity index (χ0v) is 12.1. The summed E-state index contributed by atoms with van der Waals surface area (Å²) in [4.78, 5) is 11.5. The van der Waals surface area contributed by atoms with Gasteiger partial charge in [0.25, 0.3) is 5.91 Å². The summed E-state index contributed by atoms with van der Waals surface area (Å²) in [5.74, 6) is 0.677. The standard InChI is InChI=1S/C16H19N3O2/c1-18-16(20)12-5-8-15(14(17)9-12)19-10-11-3-6-13(21-2)7-4-11/h3-9,19H,10,17H2,1-2H3,(H,18,20). The van der Waals surface area contributed by atoms with E-state index in [1.54, 1.807) is 26.3 Å². The second-order valence-electron chi connectivity index (χ2n) is 4.58. The molecular weight excluding hydrogens is 266 g/mol. The molecule has 0 aromatic heterocycles. The average Bonchev–Trinajstić information content (AvgIpc) is 2.53. The lowest BCUT2D eigenvalue weighted by molar-refractivity contribution is 0.0963. The van der Waals surface area contributed by atoms with Crippen molar-refractivity contribution < 1.29 is 9.53 Å². The number of hydrogen-bond donors (Lipinski definition) is 3. The van der Waals surface area contributed by atoms with Crippen molar-refractivity contribution in [2.75, 3.05) is 25.2 Å². The van der Waals surface area contributed by atoms with Gasteiger partial charge in [-0.1, -0.05) is 12.1 Å². The fraction of sp³-hybridized carbons (Fsp3) is 0.188. The van der Waals surface area contributed by atoms with Gasteiger partial charge < -0.3 is 21.1 Å². The molecule has 0 aliphatic rings. The molecule has 0 aliphatic carbocycles. The first kappa shape index (κ1) is 14.7. The number of ether oxygens (including phenoxy) is 1. The van der Waals surface area contributed by atoms with E-state index in [0.29, 0.717) is 17.8 Å². The molecule has 0 unspecified atom stereocenters. The van der Waals surface area contributed by atoms with Gasteiger partial charge in [-0.25, -0.2) is 0 Å². The van der Waals surface area contributed by atoms with Crippen molar-refractivity contribution in [2.24, 2.45) is 0 Å². The van der Waals surface area contributed by atoms with Crippen molar-refractivity contribution in [3.05, 3.63) is 53.6 Å². The minimum absolute atomic E-state index is 0.150. The maximum Gasteiger partial charge on any atom is 0.251 e. The third-order valence-corrected chi connectivity index (χ3v) is 3.18. The van der Waals surface area contributed by atoms with E-state index in [4.69, 9.17) is 10.5 Å².